The van der Waals surface area contributed by atoms with Gasteiger partial charge in [-0.1, -0.05) is 0 Å². The summed E-state index contributed by atoms with van der Waals surface area (Å²) in [5.41, 5.74) is 0.176. The zero-order chi connectivity index (χ0) is 13.2. The number of piperazine rings is 1. The lowest BCUT2D eigenvalue weighted by Crippen LogP contribution is -2.63. The van der Waals surface area contributed by atoms with Crippen LogP contribution in [-0.2, 0) is 6.54 Å². The largest absolute Gasteiger partial charge is 0.468 e. The average Bonchev–Trinajstić information content (AvgIpc) is 2.75. The smallest absolute Gasteiger partial charge is 0.117 e. The summed E-state index contributed by atoms with van der Waals surface area (Å²) in [5.74, 6) is 1.05. The van der Waals surface area contributed by atoms with E-state index in [0.29, 0.717) is 6.04 Å². The van der Waals surface area contributed by atoms with Crippen molar-refractivity contribution in [1.82, 2.24) is 15.1 Å². The van der Waals surface area contributed by atoms with Crippen molar-refractivity contribution in [2.75, 3.05) is 33.7 Å². The summed E-state index contributed by atoms with van der Waals surface area (Å²) in [5, 5.41) is 3.64. The van der Waals surface area contributed by atoms with E-state index in [1.165, 1.54) is 0 Å². The third-order valence-corrected chi connectivity index (χ3v) is 3.63. The summed E-state index contributed by atoms with van der Waals surface area (Å²) in [6.45, 7) is 8.62. The molecule has 1 aliphatic heterocycles. The maximum Gasteiger partial charge on any atom is 0.117 e. The third kappa shape index (κ3) is 3.34. The van der Waals surface area contributed by atoms with E-state index >= 15 is 0 Å². The van der Waals surface area contributed by atoms with Crippen LogP contribution in [0.1, 0.15) is 19.6 Å². The Hall–Kier alpha value is -0.840. The summed E-state index contributed by atoms with van der Waals surface area (Å²) >= 11 is 0. The van der Waals surface area contributed by atoms with Crippen molar-refractivity contribution in [1.29, 1.82) is 0 Å². The number of hydrogen-bond acceptors (Lipinski definition) is 4. The molecule has 1 atom stereocenters. The highest BCUT2D eigenvalue weighted by Crippen LogP contribution is 2.21. The molecule has 1 aromatic heterocycles. The first-order valence-electron chi connectivity index (χ1n) is 6.63. The summed E-state index contributed by atoms with van der Waals surface area (Å²) in [6.07, 6.45) is 1.75. The zero-order valence-electron chi connectivity index (χ0n) is 11.9. The molecule has 0 aliphatic carbocycles. The third-order valence-electron chi connectivity index (χ3n) is 3.63. The highest BCUT2D eigenvalue weighted by atomic mass is 16.3. The maximum absolute atomic E-state index is 5.47. The lowest BCUT2D eigenvalue weighted by atomic mass is 9.97. The highest BCUT2D eigenvalue weighted by molar-refractivity contribution is 5.02. The molecule has 1 aliphatic rings. The molecule has 4 heteroatoms. The molecule has 0 saturated carbocycles. The molecular weight excluding hydrogens is 226 g/mol. The summed E-state index contributed by atoms with van der Waals surface area (Å²) < 4.78 is 5.47. The van der Waals surface area contributed by atoms with Crippen molar-refractivity contribution < 1.29 is 4.42 Å². The fourth-order valence-electron chi connectivity index (χ4n) is 2.52. The van der Waals surface area contributed by atoms with E-state index in [0.717, 1.165) is 31.9 Å². The van der Waals surface area contributed by atoms with Crippen LogP contribution >= 0.6 is 0 Å². The van der Waals surface area contributed by atoms with Crippen LogP contribution in [0.4, 0.5) is 0 Å². The number of nitrogens with zero attached hydrogens (tertiary/aromatic N) is 2. The van der Waals surface area contributed by atoms with Crippen LogP contribution in [0.2, 0.25) is 0 Å². The Morgan fingerprint density at radius 2 is 2.28 bits per heavy atom. The average molecular weight is 251 g/mol. The Balaban J connectivity index is 1.99. The first-order chi connectivity index (χ1) is 8.47. The van der Waals surface area contributed by atoms with Gasteiger partial charge in [0.15, 0.2) is 0 Å². The van der Waals surface area contributed by atoms with Gasteiger partial charge in [0, 0.05) is 31.2 Å². The molecule has 1 unspecified atom stereocenters. The lowest BCUT2D eigenvalue weighted by Gasteiger charge is -2.46. The molecule has 0 radical (unpaired) electrons. The topological polar surface area (TPSA) is 31.6 Å². The normalized spacial score (nSPS) is 24.6. The Morgan fingerprint density at radius 3 is 2.89 bits per heavy atom. The lowest BCUT2D eigenvalue weighted by molar-refractivity contribution is 0.0463. The number of rotatable bonds is 4. The van der Waals surface area contributed by atoms with Gasteiger partial charge in [-0.2, -0.15) is 0 Å². The van der Waals surface area contributed by atoms with E-state index in [9.17, 15) is 0 Å². The standard InChI is InChI=1S/C14H25N3O/c1-14(2)11-15-12(8-16(3)4)9-17(14)10-13-6-5-7-18-13/h5-7,12,15H,8-11H2,1-4H3. The van der Waals surface area contributed by atoms with Crippen LogP contribution in [0, 0.1) is 0 Å². The van der Waals surface area contributed by atoms with Gasteiger partial charge in [0.1, 0.15) is 5.76 Å². The van der Waals surface area contributed by atoms with Crippen molar-refractivity contribution in [2.24, 2.45) is 0 Å². The Bertz CT molecular complexity index is 359. The van der Waals surface area contributed by atoms with Gasteiger partial charge in [-0.3, -0.25) is 4.90 Å². The van der Waals surface area contributed by atoms with Gasteiger partial charge in [-0.15, -0.1) is 0 Å². The fraction of sp³-hybridized carbons (Fsp3) is 0.714. The quantitative estimate of drug-likeness (QED) is 0.876. The van der Waals surface area contributed by atoms with E-state index in [4.69, 9.17) is 4.42 Å². The van der Waals surface area contributed by atoms with Crippen LogP contribution < -0.4 is 5.32 Å². The van der Waals surface area contributed by atoms with Crippen molar-refractivity contribution in [2.45, 2.75) is 32.0 Å². The molecule has 1 saturated heterocycles. The van der Waals surface area contributed by atoms with Gasteiger partial charge in [-0.25, -0.2) is 0 Å². The summed E-state index contributed by atoms with van der Waals surface area (Å²) in [6, 6.07) is 4.55. The number of hydrogen-bond donors (Lipinski definition) is 1. The molecule has 18 heavy (non-hydrogen) atoms. The van der Waals surface area contributed by atoms with E-state index in [-0.39, 0.29) is 5.54 Å². The highest BCUT2D eigenvalue weighted by Gasteiger charge is 2.34. The molecule has 2 rings (SSSR count). The number of likely N-dealkylation sites (N-methyl/N-ethyl adjacent to an activating group) is 1. The van der Waals surface area contributed by atoms with Gasteiger partial charge >= 0.3 is 0 Å². The Labute approximate surface area is 110 Å². The number of furan rings is 1. The van der Waals surface area contributed by atoms with E-state index < -0.39 is 0 Å². The first kappa shape index (κ1) is 13.6. The molecule has 0 amide bonds. The van der Waals surface area contributed by atoms with Gasteiger partial charge in [-0.05, 0) is 40.1 Å². The summed E-state index contributed by atoms with van der Waals surface area (Å²) in [4.78, 5) is 4.75. The predicted octanol–water partition coefficient (Wildman–Crippen LogP) is 1.39. The Kier molecular flexibility index (Phi) is 4.10. The second-order valence-corrected chi connectivity index (χ2v) is 6.11. The van der Waals surface area contributed by atoms with Crippen LogP contribution in [-0.4, -0.2) is 55.1 Å². The summed E-state index contributed by atoms with van der Waals surface area (Å²) in [7, 11) is 4.25. The SMILES string of the molecule is CN(C)CC1CN(Cc2ccco2)C(C)(C)CN1. The minimum Gasteiger partial charge on any atom is -0.468 e. The monoisotopic (exact) mass is 251 g/mol. The molecule has 0 aromatic carbocycles. The fourth-order valence-corrected chi connectivity index (χ4v) is 2.52. The second-order valence-electron chi connectivity index (χ2n) is 6.11. The van der Waals surface area contributed by atoms with Crippen LogP contribution in [0.15, 0.2) is 22.8 Å². The van der Waals surface area contributed by atoms with Crippen LogP contribution in [0.3, 0.4) is 0 Å². The molecule has 1 fully saturated rings. The molecule has 1 N–H and O–H groups in total. The van der Waals surface area contributed by atoms with Crippen LogP contribution in [0.5, 0.6) is 0 Å². The minimum atomic E-state index is 0.176. The first-order valence-corrected chi connectivity index (χ1v) is 6.63. The second kappa shape index (κ2) is 5.43. The van der Waals surface area contributed by atoms with Gasteiger partial charge < -0.3 is 14.6 Å². The van der Waals surface area contributed by atoms with E-state index in [2.05, 4.69) is 49.1 Å². The molecule has 102 valence electrons. The number of nitrogens with one attached hydrogen (secondary N) is 1. The zero-order valence-corrected chi connectivity index (χ0v) is 11.9. The van der Waals surface area contributed by atoms with Gasteiger partial charge in [0.25, 0.3) is 0 Å². The molecular formula is C14H25N3O. The van der Waals surface area contributed by atoms with Gasteiger partial charge in [0.05, 0.1) is 12.8 Å². The molecule has 1 aromatic rings. The van der Waals surface area contributed by atoms with E-state index in [1.54, 1.807) is 6.26 Å². The Morgan fingerprint density at radius 1 is 1.50 bits per heavy atom. The van der Waals surface area contributed by atoms with Crippen molar-refractivity contribution >= 4 is 0 Å². The van der Waals surface area contributed by atoms with Crippen molar-refractivity contribution in [3.05, 3.63) is 24.2 Å². The molecule has 2 heterocycles. The van der Waals surface area contributed by atoms with E-state index in [1.807, 2.05) is 6.07 Å². The molecule has 4 nitrogen and oxygen atoms in total. The maximum atomic E-state index is 5.47. The van der Waals surface area contributed by atoms with Crippen molar-refractivity contribution in [3.8, 4) is 0 Å². The van der Waals surface area contributed by atoms with Crippen LogP contribution in [0.25, 0.3) is 0 Å². The van der Waals surface area contributed by atoms with Gasteiger partial charge in [0.2, 0.25) is 0 Å². The predicted molar refractivity (Wildman–Crippen MR) is 73.5 cm³/mol. The minimum absolute atomic E-state index is 0.176. The van der Waals surface area contributed by atoms with Crippen molar-refractivity contribution in [3.63, 3.8) is 0 Å². The molecule has 0 spiro atoms. The molecule has 0 bridgehead atoms.